The Morgan fingerprint density at radius 3 is 2.73 bits per heavy atom. The van der Waals surface area contributed by atoms with Crippen LogP contribution in [0.4, 0.5) is 5.69 Å². The average molecular weight is 319 g/mol. The molecule has 2 aromatic rings. The number of amides is 1. The minimum Gasteiger partial charge on any atom is -0.371 e. The molecule has 3 heterocycles. The van der Waals surface area contributed by atoms with Gasteiger partial charge in [0.1, 0.15) is 5.54 Å². The summed E-state index contributed by atoms with van der Waals surface area (Å²) in [7, 11) is 2.03. The van der Waals surface area contributed by atoms with Gasteiger partial charge in [-0.1, -0.05) is 11.6 Å². The third kappa shape index (κ3) is 1.92. The zero-order chi connectivity index (χ0) is 15.3. The Morgan fingerprint density at radius 2 is 2.05 bits per heavy atom. The Balaban J connectivity index is 1.63. The first-order chi connectivity index (χ1) is 10.6. The van der Waals surface area contributed by atoms with Gasteiger partial charge in [-0.15, -0.1) is 0 Å². The summed E-state index contributed by atoms with van der Waals surface area (Å²) in [6, 6.07) is 6.05. The van der Waals surface area contributed by atoms with Crippen LogP contribution in [0.15, 0.2) is 24.4 Å². The van der Waals surface area contributed by atoms with Crippen molar-refractivity contribution >= 4 is 34.1 Å². The predicted molar refractivity (Wildman–Crippen MR) is 88.3 cm³/mol. The molecule has 1 spiro atoms. The van der Waals surface area contributed by atoms with Crippen molar-refractivity contribution in [3.8, 4) is 0 Å². The zero-order valence-corrected chi connectivity index (χ0v) is 13.3. The zero-order valence-electron chi connectivity index (χ0n) is 12.5. The minimum atomic E-state index is -0.327. The van der Waals surface area contributed by atoms with Crippen LogP contribution in [0.3, 0.4) is 0 Å². The smallest absolute Gasteiger partial charge is 0.241 e. The summed E-state index contributed by atoms with van der Waals surface area (Å²) in [6.07, 6.45) is 3.62. The quantitative estimate of drug-likeness (QED) is 0.847. The molecule has 2 saturated heterocycles. The van der Waals surface area contributed by atoms with E-state index in [9.17, 15) is 4.79 Å². The topological polar surface area (TPSA) is 51.4 Å². The Labute approximate surface area is 134 Å². The highest BCUT2D eigenvalue weighted by Crippen LogP contribution is 2.36. The molecule has 1 aromatic carbocycles. The van der Waals surface area contributed by atoms with Gasteiger partial charge in [-0.3, -0.25) is 9.69 Å². The number of likely N-dealkylation sites (N-methyl/N-ethyl adjacent to an activating group) is 1. The van der Waals surface area contributed by atoms with Crippen molar-refractivity contribution in [3.05, 3.63) is 29.4 Å². The number of aromatic amines is 1. The highest BCUT2D eigenvalue weighted by atomic mass is 35.5. The van der Waals surface area contributed by atoms with E-state index >= 15 is 0 Å². The molecule has 1 aromatic heterocycles. The number of nitrogens with one attached hydrogen (secondary N) is 2. The minimum absolute atomic E-state index is 0.174. The molecule has 0 radical (unpaired) electrons. The largest absolute Gasteiger partial charge is 0.371 e. The van der Waals surface area contributed by atoms with Crippen LogP contribution in [0, 0.1) is 0 Å². The van der Waals surface area contributed by atoms with Crippen molar-refractivity contribution in [2.24, 2.45) is 0 Å². The maximum atomic E-state index is 12.2. The molecule has 116 valence electrons. The second kappa shape index (κ2) is 4.89. The SMILES string of the molecule is CN1CNC(=O)C12CCN(c1cc(Cl)cc3[nH]ccc13)CC2. The van der Waals surface area contributed by atoms with Gasteiger partial charge in [0.2, 0.25) is 5.91 Å². The summed E-state index contributed by atoms with van der Waals surface area (Å²) in [4.78, 5) is 19.9. The number of nitrogens with zero attached hydrogens (tertiary/aromatic N) is 2. The first kappa shape index (κ1) is 13.9. The van der Waals surface area contributed by atoms with Gasteiger partial charge < -0.3 is 15.2 Å². The first-order valence-corrected chi connectivity index (χ1v) is 7.99. The highest BCUT2D eigenvalue weighted by molar-refractivity contribution is 6.31. The van der Waals surface area contributed by atoms with Gasteiger partial charge in [0, 0.05) is 40.9 Å². The van der Waals surface area contributed by atoms with Crippen LogP contribution in [0.5, 0.6) is 0 Å². The van der Waals surface area contributed by atoms with Gasteiger partial charge in [-0.2, -0.15) is 0 Å². The van der Waals surface area contributed by atoms with Gasteiger partial charge in [0.25, 0.3) is 0 Å². The number of fused-ring (bicyclic) bond motifs is 1. The fraction of sp³-hybridized carbons (Fsp3) is 0.438. The number of carbonyl (C=O) groups excluding carboxylic acids is 1. The van der Waals surface area contributed by atoms with Crippen molar-refractivity contribution < 1.29 is 4.79 Å². The van der Waals surface area contributed by atoms with Crippen molar-refractivity contribution in [1.29, 1.82) is 0 Å². The Bertz CT molecular complexity index is 733. The lowest BCUT2D eigenvalue weighted by Gasteiger charge is -2.42. The molecule has 0 aliphatic carbocycles. The lowest BCUT2D eigenvalue weighted by molar-refractivity contribution is -0.127. The van der Waals surface area contributed by atoms with E-state index in [4.69, 9.17) is 11.6 Å². The third-order valence-corrected chi connectivity index (χ3v) is 5.39. The molecule has 5 nitrogen and oxygen atoms in total. The number of piperidine rings is 1. The highest BCUT2D eigenvalue weighted by Gasteiger charge is 2.48. The lowest BCUT2D eigenvalue weighted by Crippen LogP contribution is -2.55. The molecule has 0 unspecified atom stereocenters. The number of aromatic nitrogens is 1. The monoisotopic (exact) mass is 318 g/mol. The summed E-state index contributed by atoms with van der Waals surface area (Å²) < 4.78 is 0. The summed E-state index contributed by atoms with van der Waals surface area (Å²) in [6.45, 7) is 2.37. The summed E-state index contributed by atoms with van der Waals surface area (Å²) >= 11 is 6.25. The van der Waals surface area contributed by atoms with Crippen LogP contribution in [0.2, 0.25) is 5.02 Å². The average Bonchev–Trinajstić information content (AvgIpc) is 3.08. The number of benzene rings is 1. The molecule has 22 heavy (non-hydrogen) atoms. The lowest BCUT2D eigenvalue weighted by atomic mass is 9.86. The molecular weight excluding hydrogens is 300 g/mol. The van der Waals surface area contributed by atoms with Crippen molar-refractivity contribution in [2.45, 2.75) is 18.4 Å². The molecule has 6 heteroatoms. The number of hydrogen-bond donors (Lipinski definition) is 2. The van der Waals surface area contributed by atoms with Crippen LogP contribution < -0.4 is 10.2 Å². The number of hydrogen-bond acceptors (Lipinski definition) is 3. The Morgan fingerprint density at radius 1 is 1.27 bits per heavy atom. The van der Waals surface area contributed by atoms with E-state index in [1.165, 1.54) is 5.39 Å². The van der Waals surface area contributed by atoms with E-state index < -0.39 is 0 Å². The van der Waals surface area contributed by atoms with Crippen LogP contribution in [-0.2, 0) is 4.79 Å². The van der Waals surface area contributed by atoms with E-state index in [2.05, 4.69) is 26.2 Å². The van der Waals surface area contributed by atoms with Crippen LogP contribution in [0.25, 0.3) is 10.9 Å². The molecule has 0 bridgehead atoms. The standard InChI is InChI=1S/C16H19ClN4O/c1-20-10-19-15(22)16(20)3-6-21(7-4-16)14-9-11(17)8-13-12(14)2-5-18-13/h2,5,8-9,18H,3-4,6-7,10H2,1H3,(H,19,22). The van der Waals surface area contributed by atoms with Gasteiger partial charge in [0.15, 0.2) is 0 Å². The fourth-order valence-corrected chi connectivity index (χ4v) is 3.99. The molecular formula is C16H19ClN4O. The molecule has 2 fully saturated rings. The third-order valence-electron chi connectivity index (χ3n) is 5.17. The maximum absolute atomic E-state index is 12.2. The van der Waals surface area contributed by atoms with Crippen molar-refractivity contribution in [3.63, 3.8) is 0 Å². The van der Waals surface area contributed by atoms with E-state index in [-0.39, 0.29) is 11.4 Å². The molecule has 2 aliphatic heterocycles. The molecule has 2 aliphatic rings. The van der Waals surface area contributed by atoms with E-state index in [1.807, 2.05) is 25.4 Å². The van der Waals surface area contributed by atoms with Crippen LogP contribution in [-0.4, -0.2) is 48.1 Å². The number of halogens is 1. The second-order valence-corrected chi connectivity index (χ2v) is 6.68. The maximum Gasteiger partial charge on any atom is 0.241 e. The molecule has 1 amide bonds. The van der Waals surface area contributed by atoms with Gasteiger partial charge in [-0.25, -0.2) is 0 Å². The predicted octanol–water partition coefficient (Wildman–Crippen LogP) is 2.18. The molecule has 0 atom stereocenters. The van der Waals surface area contributed by atoms with Gasteiger partial charge in [-0.05, 0) is 38.1 Å². The van der Waals surface area contributed by atoms with Crippen LogP contribution in [0.1, 0.15) is 12.8 Å². The van der Waals surface area contributed by atoms with Crippen LogP contribution >= 0.6 is 11.6 Å². The summed E-state index contributed by atoms with van der Waals surface area (Å²) in [5.74, 6) is 0.174. The Kier molecular flexibility index (Phi) is 3.09. The number of H-pyrrole nitrogens is 1. The van der Waals surface area contributed by atoms with E-state index in [1.54, 1.807) is 0 Å². The number of carbonyl (C=O) groups is 1. The van der Waals surface area contributed by atoms with E-state index in [0.29, 0.717) is 6.67 Å². The van der Waals surface area contributed by atoms with Crippen molar-refractivity contribution in [2.75, 3.05) is 31.7 Å². The normalized spacial score (nSPS) is 21.7. The number of rotatable bonds is 1. The fourth-order valence-electron chi connectivity index (χ4n) is 3.78. The molecule has 4 rings (SSSR count). The second-order valence-electron chi connectivity index (χ2n) is 6.24. The molecule has 0 saturated carbocycles. The van der Waals surface area contributed by atoms with Gasteiger partial charge >= 0.3 is 0 Å². The first-order valence-electron chi connectivity index (χ1n) is 7.61. The summed E-state index contributed by atoms with van der Waals surface area (Å²) in [5.41, 5.74) is 1.88. The number of anilines is 1. The Hall–Kier alpha value is -1.72. The van der Waals surface area contributed by atoms with Crippen molar-refractivity contribution in [1.82, 2.24) is 15.2 Å². The molecule has 2 N–H and O–H groups in total. The van der Waals surface area contributed by atoms with E-state index in [0.717, 1.165) is 42.2 Å². The summed E-state index contributed by atoms with van der Waals surface area (Å²) in [5, 5.41) is 4.88. The van der Waals surface area contributed by atoms with Gasteiger partial charge in [0.05, 0.1) is 6.67 Å².